The number of ether oxygens (including phenoxy) is 1. The number of nitrogens with one attached hydrogen (secondary N) is 1. The molecule has 0 radical (unpaired) electrons. The van der Waals surface area contributed by atoms with Crippen LogP contribution in [0.4, 0.5) is 19.6 Å². The predicted octanol–water partition coefficient (Wildman–Crippen LogP) is 3.79. The van der Waals surface area contributed by atoms with Crippen LogP contribution in [-0.2, 0) is 6.42 Å². The first kappa shape index (κ1) is 20.5. The second-order valence-electron chi connectivity index (χ2n) is 7.24. The summed E-state index contributed by atoms with van der Waals surface area (Å²) in [5.74, 6) is 0.148. The lowest BCUT2D eigenvalue weighted by Crippen LogP contribution is -2.42. The van der Waals surface area contributed by atoms with Crippen LogP contribution in [-0.4, -0.2) is 40.3 Å². The molecule has 0 saturated carbocycles. The zero-order chi connectivity index (χ0) is 21.1. The summed E-state index contributed by atoms with van der Waals surface area (Å²) in [5, 5.41) is 8.48. The number of benzene rings is 1. The highest BCUT2D eigenvalue weighted by Crippen LogP contribution is 2.26. The minimum Gasteiger partial charge on any atom is -0.435 e. The van der Waals surface area contributed by atoms with E-state index in [1.807, 2.05) is 0 Å². The van der Waals surface area contributed by atoms with Crippen LogP contribution in [0.2, 0.25) is 0 Å². The first-order valence-electron chi connectivity index (χ1n) is 9.98. The third kappa shape index (κ3) is 4.69. The second-order valence-corrected chi connectivity index (χ2v) is 8.20. The molecule has 1 atom stereocenters. The lowest BCUT2D eigenvalue weighted by Gasteiger charge is -2.34. The van der Waals surface area contributed by atoms with Crippen LogP contribution in [0.1, 0.15) is 31.9 Å². The van der Waals surface area contributed by atoms with Crippen molar-refractivity contribution in [2.45, 2.75) is 45.3 Å². The number of aromatic nitrogens is 3. The van der Waals surface area contributed by atoms with Crippen LogP contribution < -0.4 is 20.5 Å². The quantitative estimate of drug-likeness (QED) is 0.609. The van der Waals surface area contributed by atoms with E-state index in [-0.39, 0.29) is 17.4 Å². The smallest absolute Gasteiger partial charge is 0.387 e. The number of rotatable bonds is 7. The fourth-order valence-electron chi connectivity index (χ4n) is 3.64. The Hall–Kier alpha value is -2.75. The summed E-state index contributed by atoms with van der Waals surface area (Å²) in [7, 11) is 0. The molecule has 1 aromatic carbocycles. The lowest BCUT2D eigenvalue weighted by molar-refractivity contribution is -0.0498. The normalized spacial score (nSPS) is 16.9. The Morgan fingerprint density at radius 3 is 2.87 bits per heavy atom. The molecule has 1 N–H and O–H groups in total. The summed E-state index contributed by atoms with van der Waals surface area (Å²) < 4.78 is 30.4. The third-order valence-electron chi connectivity index (χ3n) is 4.98. The van der Waals surface area contributed by atoms with Crippen molar-refractivity contribution in [1.82, 2.24) is 14.6 Å². The number of aryl methyl sites for hydroxylation is 1. The number of nitrogens with zero attached hydrogens (tertiary/aromatic N) is 4. The topological polar surface area (TPSA) is 71.8 Å². The highest BCUT2D eigenvalue weighted by atomic mass is 32.1. The van der Waals surface area contributed by atoms with Crippen LogP contribution in [0.5, 0.6) is 5.75 Å². The molecular weight excluding hydrogens is 412 g/mol. The van der Waals surface area contributed by atoms with Gasteiger partial charge in [0.25, 0.3) is 5.56 Å². The van der Waals surface area contributed by atoms with Crippen molar-refractivity contribution in [1.29, 1.82) is 0 Å². The van der Waals surface area contributed by atoms with Crippen LogP contribution in [0.25, 0.3) is 4.96 Å². The molecule has 10 heteroatoms. The average Bonchev–Trinajstić information content (AvgIpc) is 3.11. The van der Waals surface area contributed by atoms with Crippen molar-refractivity contribution in [3.05, 3.63) is 46.4 Å². The zero-order valence-electron chi connectivity index (χ0n) is 16.6. The first-order chi connectivity index (χ1) is 14.5. The Morgan fingerprint density at radius 1 is 1.33 bits per heavy atom. The van der Waals surface area contributed by atoms with Gasteiger partial charge in [0.2, 0.25) is 10.1 Å². The summed E-state index contributed by atoms with van der Waals surface area (Å²) in [6.07, 6.45) is 3.66. The second kappa shape index (κ2) is 8.95. The van der Waals surface area contributed by atoms with Crippen LogP contribution >= 0.6 is 11.3 Å². The monoisotopic (exact) mass is 435 g/mol. The van der Waals surface area contributed by atoms with Gasteiger partial charge in [-0.1, -0.05) is 24.7 Å². The maximum absolute atomic E-state index is 12.3. The first-order valence-corrected chi connectivity index (χ1v) is 10.8. The fourth-order valence-corrected chi connectivity index (χ4v) is 4.54. The molecule has 1 unspecified atom stereocenters. The molecule has 4 rings (SSSR count). The average molecular weight is 436 g/mol. The number of hydrogen-bond acceptors (Lipinski definition) is 7. The van der Waals surface area contributed by atoms with Crippen molar-refractivity contribution in [2.24, 2.45) is 0 Å². The molecule has 1 aliphatic heterocycles. The Bertz CT molecular complexity index is 1050. The number of fused-ring (bicyclic) bond motifs is 1. The maximum Gasteiger partial charge on any atom is 0.387 e. The van der Waals surface area contributed by atoms with E-state index in [1.54, 1.807) is 30.3 Å². The van der Waals surface area contributed by atoms with Crippen molar-refractivity contribution < 1.29 is 13.5 Å². The van der Waals surface area contributed by atoms with Crippen molar-refractivity contribution in [3.8, 4) is 5.75 Å². The molecule has 30 heavy (non-hydrogen) atoms. The van der Waals surface area contributed by atoms with Crippen LogP contribution in [0.15, 0.2) is 35.1 Å². The molecule has 0 amide bonds. The van der Waals surface area contributed by atoms with Crippen molar-refractivity contribution in [3.63, 3.8) is 0 Å². The van der Waals surface area contributed by atoms with Gasteiger partial charge in [0.05, 0.1) is 0 Å². The SMILES string of the molecule is CCCc1cc(=O)n2nc(NC3CCCN(c4ccc(OC(F)F)cc4)C3)sc2n1. The number of alkyl halides is 2. The van der Waals surface area contributed by atoms with Crippen LogP contribution in [0.3, 0.4) is 0 Å². The molecule has 1 fully saturated rings. The van der Waals surface area contributed by atoms with Gasteiger partial charge in [-0.15, -0.1) is 5.10 Å². The Balaban J connectivity index is 1.45. The zero-order valence-corrected chi connectivity index (χ0v) is 17.4. The van der Waals surface area contributed by atoms with Gasteiger partial charge in [0.15, 0.2) is 0 Å². The summed E-state index contributed by atoms with van der Waals surface area (Å²) in [4.78, 5) is 19.6. The molecule has 7 nitrogen and oxygen atoms in total. The largest absolute Gasteiger partial charge is 0.435 e. The van der Waals surface area contributed by atoms with Gasteiger partial charge in [-0.05, 0) is 43.5 Å². The van der Waals surface area contributed by atoms with E-state index in [1.165, 1.54) is 15.9 Å². The molecular formula is C20H23F2N5O2S. The summed E-state index contributed by atoms with van der Waals surface area (Å²) >= 11 is 1.37. The van der Waals surface area contributed by atoms with E-state index in [9.17, 15) is 13.6 Å². The fraction of sp³-hybridized carbons (Fsp3) is 0.450. The molecule has 0 aliphatic carbocycles. The Morgan fingerprint density at radius 2 is 2.13 bits per heavy atom. The van der Waals surface area contributed by atoms with Gasteiger partial charge in [-0.25, -0.2) is 4.98 Å². The minimum atomic E-state index is -2.83. The number of anilines is 2. The molecule has 0 spiro atoms. The van der Waals surface area contributed by atoms with E-state index < -0.39 is 6.61 Å². The van der Waals surface area contributed by atoms with Gasteiger partial charge >= 0.3 is 6.61 Å². The van der Waals surface area contributed by atoms with E-state index in [2.05, 4.69) is 32.0 Å². The highest BCUT2D eigenvalue weighted by molar-refractivity contribution is 7.20. The molecule has 1 saturated heterocycles. The van der Waals surface area contributed by atoms with Gasteiger partial charge in [-0.2, -0.15) is 13.3 Å². The van der Waals surface area contributed by atoms with E-state index >= 15 is 0 Å². The van der Waals surface area contributed by atoms with Crippen molar-refractivity contribution in [2.75, 3.05) is 23.3 Å². The van der Waals surface area contributed by atoms with Crippen LogP contribution in [0, 0.1) is 0 Å². The third-order valence-corrected chi connectivity index (χ3v) is 5.82. The molecule has 0 bridgehead atoms. The van der Waals surface area contributed by atoms with E-state index in [4.69, 9.17) is 0 Å². The van der Waals surface area contributed by atoms with Gasteiger partial charge in [0.1, 0.15) is 5.75 Å². The van der Waals surface area contributed by atoms with E-state index in [0.29, 0.717) is 10.1 Å². The summed E-state index contributed by atoms with van der Waals surface area (Å²) in [6.45, 7) is 0.855. The Labute approximate surface area is 176 Å². The predicted molar refractivity (Wildman–Crippen MR) is 113 cm³/mol. The molecule has 3 heterocycles. The summed E-state index contributed by atoms with van der Waals surface area (Å²) in [6, 6.07) is 8.38. The maximum atomic E-state index is 12.3. The van der Waals surface area contributed by atoms with Gasteiger partial charge < -0.3 is 15.0 Å². The molecule has 1 aliphatic rings. The van der Waals surface area contributed by atoms with E-state index in [0.717, 1.165) is 50.2 Å². The number of halogens is 2. The number of piperidine rings is 1. The molecule has 2 aromatic heterocycles. The highest BCUT2D eigenvalue weighted by Gasteiger charge is 2.22. The van der Waals surface area contributed by atoms with Gasteiger partial charge in [0, 0.05) is 36.6 Å². The summed E-state index contributed by atoms with van der Waals surface area (Å²) in [5.41, 5.74) is 1.58. The Kier molecular flexibility index (Phi) is 6.12. The minimum absolute atomic E-state index is 0.148. The number of hydrogen-bond donors (Lipinski definition) is 1. The lowest BCUT2D eigenvalue weighted by atomic mass is 10.1. The molecule has 160 valence electrons. The molecule has 3 aromatic rings. The van der Waals surface area contributed by atoms with Gasteiger partial charge in [-0.3, -0.25) is 4.79 Å². The standard InChI is InChI=1S/C20H23F2N5O2S/c1-2-4-13-11-17(28)27-20(24-13)30-19(25-27)23-14-5-3-10-26(12-14)15-6-8-16(9-7-15)29-18(21)22/h6-9,11,14,18H,2-5,10,12H2,1H3,(H,23,25). The van der Waals surface area contributed by atoms with Crippen molar-refractivity contribution >= 4 is 27.1 Å².